The minimum Gasteiger partial charge on any atom is -0.488 e. The summed E-state index contributed by atoms with van der Waals surface area (Å²) in [6, 6.07) is 15.7. The Hall–Kier alpha value is -2.13. The van der Waals surface area contributed by atoms with Gasteiger partial charge in [-0.1, -0.05) is 41.9 Å². The highest BCUT2D eigenvalue weighted by molar-refractivity contribution is 6.30. The monoisotopic (exact) mass is 287 g/mol. The minimum absolute atomic E-state index is 0.150. The van der Waals surface area contributed by atoms with Crippen LogP contribution in [0.25, 0.3) is 10.9 Å². The molecule has 0 N–H and O–H groups in total. The number of halogens is 2. The molecule has 0 fully saturated rings. The maximum atomic E-state index is 13.6. The number of ether oxygens (including phenoxy) is 1. The summed E-state index contributed by atoms with van der Waals surface area (Å²) in [4.78, 5) is 4.22. The van der Waals surface area contributed by atoms with Crippen LogP contribution in [0.1, 0.15) is 5.56 Å². The van der Waals surface area contributed by atoms with Gasteiger partial charge in [-0.05, 0) is 18.2 Å². The predicted molar refractivity (Wildman–Crippen MR) is 77.5 cm³/mol. The van der Waals surface area contributed by atoms with Crippen molar-refractivity contribution in [3.05, 3.63) is 71.1 Å². The number of hydrogen-bond acceptors (Lipinski definition) is 2. The van der Waals surface area contributed by atoms with Crippen LogP contribution in [0.5, 0.6) is 5.75 Å². The Labute approximate surface area is 120 Å². The Morgan fingerprint density at radius 3 is 2.65 bits per heavy atom. The van der Waals surface area contributed by atoms with Gasteiger partial charge in [0, 0.05) is 17.0 Å². The normalized spacial score (nSPS) is 10.7. The molecular weight excluding hydrogens is 277 g/mol. The van der Waals surface area contributed by atoms with Crippen molar-refractivity contribution >= 4 is 22.5 Å². The fraction of sp³-hybridized carbons (Fsp3) is 0.0625. The number of para-hydroxylation sites is 1. The molecule has 1 heterocycles. The first-order valence-electron chi connectivity index (χ1n) is 6.15. The van der Waals surface area contributed by atoms with Crippen LogP contribution in [0, 0.1) is 5.82 Å². The first-order chi connectivity index (χ1) is 9.74. The third-order valence-corrected chi connectivity index (χ3v) is 3.18. The lowest BCUT2D eigenvalue weighted by atomic mass is 10.2. The molecule has 0 aliphatic rings. The van der Waals surface area contributed by atoms with Crippen molar-refractivity contribution in [1.29, 1.82) is 0 Å². The van der Waals surface area contributed by atoms with Crippen molar-refractivity contribution in [3.63, 3.8) is 0 Å². The van der Waals surface area contributed by atoms with Gasteiger partial charge < -0.3 is 4.74 Å². The second-order valence-corrected chi connectivity index (χ2v) is 4.73. The lowest BCUT2D eigenvalue weighted by molar-refractivity contribution is 0.303. The number of benzene rings is 2. The Morgan fingerprint density at radius 1 is 1.05 bits per heavy atom. The van der Waals surface area contributed by atoms with E-state index in [4.69, 9.17) is 16.3 Å². The van der Waals surface area contributed by atoms with Gasteiger partial charge in [0.25, 0.3) is 0 Å². The summed E-state index contributed by atoms with van der Waals surface area (Å²) in [5.74, 6) is 0.320. The van der Waals surface area contributed by atoms with E-state index in [0.717, 1.165) is 10.9 Å². The molecule has 100 valence electrons. The molecule has 0 atom stereocenters. The standard InChI is InChI=1S/C16H11ClFNO/c17-16-9-15(12-6-2-4-8-14(12)19-16)20-10-11-5-1-3-7-13(11)18/h1-9H,10H2. The summed E-state index contributed by atoms with van der Waals surface area (Å²) in [5, 5.41) is 1.21. The van der Waals surface area contributed by atoms with Crippen LogP contribution in [0.3, 0.4) is 0 Å². The van der Waals surface area contributed by atoms with Gasteiger partial charge >= 0.3 is 0 Å². The number of aromatic nitrogens is 1. The van der Waals surface area contributed by atoms with Crippen LogP contribution >= 0.6 is 11.6 Å². The van der Waals surface area contributed by atoms with Crippen LogP contribution in [-0.4, -0.2) is 4.98 Å². The maximum absolute atomic E-state index is 13.6. The van der Waals surface area contributed by atoms with E-state index in [0.29, 0.717) is 16.5 Å². The minimum atomic E-state index is -0.281. The Balaban J connectivity index is 1.93. The molecule has 0 bridgehead atoms. The van der Waals surface area contributed by atoms with E-state index in [1.165, 1.54) is 6.07 Å². The van der Waals surface area contributed by atoms with Gasteiger partial charge in [0.1, 0.15) is 23.3 Å². The number of fused-ring (bicyclic) bond motifs is 1. The van der Waals surface area contributed by atoms with E-state index >= 15 is 0 Å². The van der Waals surface area contributed by atoms with E-state index in [2.05, 4.69) is 4.98 Å². The molecular formula is C16H11ClFNO. The summed E-state index contributed by atoms with van der Waals surface area (Å²) < 4.78 is 19.3. The first-order valence-corrected chi connectivity index (χ1v) is 6.53. The van der Waals surface area contributed by atoms with Gasteiger partial charge in [0.2, 0.25) is 0 Å². The quantitative estimate of drug-likeness (QED) is 0.657. The van der Waals surface area contributed by atoms with Gasteiger partial charge in [-0.25, -0.2) is 9.37 Å². The zero-order chi connectivity index (χ0) is 13.9. The Morgan fingerprint density at radius 2 is 1.80 bits per heavy atom. The fourth-order valence-electron chi connectivity index (χ4n) is 2.00. The summed E-state index contributed by atoms with van der Waals surface area (Å²) in [6.07, 6.45) is 0. The number of pyridine rings is 1. The van der Waals surface area contributed by atoms with Crippen LogP contribution < -0.4 is 4.74 Å². The Kier molecular flexibility index (Phi) is 3.52. The van der Waals surface area contributed by atoms with E-state index in [-0.39, 0.29) is 12.4 Å². The molecule has 0 saturated carbocycles. The first kappa shape index (κ1) is 12.9. The second kappa shape index (κ2) is 5.47. The fourth-order valence-corrected chi connectivity index (χ4v) is 2.19. The largest absolute Gasteiger partial charge is 0.488 e. The lowest BCUT2D eigenvalue weighted by Gasteiger charge is -2.10. The molecule has 3 rings (SSSR count). The van der Waals surface area contributed by atoms with E-state index < -0.39 is 0 Å². The highest BCUT2D eigenvalue weighted by atomic mass is 35.5. The van der Waals surface area contributed by atoms with E-state index in [9.17, 15) is 4.39 Å². The second-order valence-electron chi connectivity index (χ2n) is 4.34. The van der Waals surface area contributed by atoms with Gasteiger partial charge in [0.05, 0.1) is 5.52 Å². The molecule has 0 amide bonds. The van der Waals surface area contributed by atoms with Crippen molar-refractivity contribution in [1.82, 2.24) is 4.98 Å². The third-order valence-electron chi connectivity index (χ3n) is 2.99. The van der Waals surface area contributed by atoms with Crippen molar-refractivity contribution in [2.45, 2.75) is 6.61 Å². The van der Waals surface area contributed by atoms with Gasteiger partial charge in [-0.15, -0.1) is 0 Å². The van der Waals surface area contributed by atoms with Crippen LogP contribution in [-0.2, 0) is 6.61 Å². The molecule has 0 aliphatic heterocycles. The Bertz CT molecular complexity index is 760. The zero-order valence-electron chi connectivity index (χ0n) is 10.5. The third kappa shape index (κ3) is 2.58. The summed E-state index contributed by atoms with van der Waals surface area (Å²) in [7, 11) is 0. The summed E-state index contributed by atoms with van der Waals surface area (Å²) in [5.41, 5.74) is 1.26. The predicted octanol–water partition coefficient (Wildman–Crippen LogP) is 4.61. The number of hydrogen-bond donors (Lipinski definition) is 0. The van der Waals surface area contributed by atoms with E-state index in [1.807, 2.05) is 24.3 Å². The maximum Gasteiger partial charge on any atom is 0.133 e. The van der Waals surface area contributed by atoms with Crippen LogP contribution in [0.2, 0.25) is 5.15 Å². The molecule has 4 heteroatoms. The van der Waals surface area contributed by atoms with Crippen molar-refractivity contribution in [2.75, 3.05) is 0 Å². The highest BCUT2D eigenvalue weighted by Gasteiger charge is 2.07. The zero-order valence-corrected chi connectivity index (χ0v) is 11.3. The molecule has 0 aliphatic carbocycles. The molecule has 2 nitrogen and oxygen atoms in total. The molecule has 2 aromatic carbocycles. The molecule has 0 radical (unpaired) electrons. The topological polar surface area (TPSA) is 22.1 Å². The van der Waals surface area contributed by atoms with Crippen molar-refractivity contribution < 1.29 is 9.13 Å². The smallest absolute Gasteiger partial charge is 0.133 e. The molecule has 0 spiro atoms. The van der Waals surface area contributed by atoms with Gasteiger partial charge in [-0.2, -0.15) is 0 Å². The van der Waals surface area contributed by atoms with E-state index in [1.54, 1.807) is 24.3 Å². The number of rotatable bonds is 3. The summed E-state index contributed by atoms with van der Waals surface area (Å²) >= 11 is 5.97. The average Bonchev–Trinajstić information content (AvgIpc) is 2.46. The van der Waals surface area contributed by atoms with Crippen LogP contribution in [0.4, 0.5) is 4.39 Å². The molecule has 0 unspecified atom stereocenters. The van der Waals surface area contributed by atoms with Crippen LogP contribution in [0.15, 0.2) is 54.6 Å². The molecule has 1 aromatic heterocycles. The average molecular weight is 288 g/mol. The van der Waals surface area contributed by atoms with Crippen molar-refractivity contribution in [3.8, 4) is 5.75 Å². The molecule has 0 saturated heterocycles. The van der Waals surface area contributed by atoms with Gasteiger partial charge in [0.15, 0.2) is 0 Å². The SMILES string of the molecule is Fc1ccccc1COc1cc(Cl)nc2ccccc12. The number of nitrogens with zero attached hydrogens (tertiary/aromatic N) is 1. The lowest BCUT2D eigenvalue weighted by Crippen LogP contribution is -1.99. The highest BCUT2D eigenvalue weighted by Crippen LogP contribution is 2.28. The molecule has 20 heavy (non-hydrogen) atoms. The molecule has 3 aromatic rings. The van der Waals surface area contributed by atoms with Gasteiger partial charge in [-0.3, -0.25) is 0 Å². The summed E-state index contributed by atoms with van der Waals surface area (Å²) in [6.45, 7) is 0.150. The van der Waals surface area contributed by atoms with Crippen molar-refractivity contribution in [2.24, 2.45) is 0 Å².